The lowest BCUT2D eigenvalue weighted by molar-refractivity contribution is -0.0164. The van der Waals surface area contributed by atoms with Gasteiger partial charge in [-0.1, -0.05) is 6.08 Å². The third kappa shape index (κ3) is 1.92. The van der Waals surface area contributed by atoms with Crippen molar-refractivity contribution in [2.45, 2.75) is 64.3 Å². The predicted octanol–water partition coefficient (Wildman–Crippen LogP) is 3.27. The summed E-state index contributed by atoms with van der Waals surface area (Å²) in [4.78, 5) is 0. The number of hydrogen-bond donors (Lipinski definition) is 0. The van der Waals surface area contributed by atoms with Crippen molar-refractivity contribution >= 4 is 0 Å². The molecule has 2 nitrogen and oxygen atoms in total. The molecule has 0 N–H and O–H groups in total. The van der Waals surface area contributed by atoms with Crippen LogP contribution in [0.25, 0.3) is 0 Å². The van der Waals surface area contributed by atoms with E-state index in [4.69, 9.17) is 9.47 Å². The van der Waals surface area contributed by atoms with Gasteiger partial charge in [0.1, 0.15) is 5.60 Å². The summed E-state index contributed by atoms with van der Waals surface area (Å²) in [5.74, 6) is 0.535. The summed E-state index contributed by atoms with van der Waals surface area (Å²) >= 11 is 0. The van der Waals surface area contributed by atoms with Crippen molar-refractivity contribution in [3.8, 4) is 0 Å². The third-order valence-electron chi connectivity index (χ3n) is 3.90. The van der Waals surface area contributed by atoms with E-state index in [2.05, 4.69) is 20.8 Å². The fourth-order valence-corrected chi connectivity index (χ4v) is 2.83. The van der Waals surface area contributed by atoms with E-state index in [1.54, 1.807) is 6.26 Å². The number of hydrogen-bond acceptors (Lipinski definition) is 2. The zero-order chi connectivity index (χ0) is 11.1. The largest absolute Gasteiger partial charge is 0.495 e. The first kappa shape index (κ1) is 11.0. The Morgan fingerprint density at radius 2 is 2.20 bits per heavy atom. The Bertz CT molecular complexity index is 270. The maximum absolute atomic E-state index is 5.84. The van der Waals surface area contributed by atoms with E-state index in [0.717, 1.165) is 0 Å². The second kappa shape index (κ2) is 3.51. The van der Waals surface area contributed by atoms with Gasteiger partial charge in [0.2, 0.25) is 0 Å². The fourth-order valence-electron chi connectivity index (χ4n) is 2.83. The van der Waals surface area contributed by atoms with Gasteiger partial charge in [0.05, 0.1) is 18.0 Å². The molecule has 1 saturated heterocycles. The van der Waals surface area contributed by atoms with Crippen molar-refractivity contribution in [2.24, 2.45) is 5.92 Å². The van der Waals surface area contributed by atoms with E-state index in [9.17, 15) is 0 Å². The van der Waals surface area contributed by atoms with E-state index >= 15 is 0 Å². The van der Waals surface area contributed by atoms with Crippen LogP contribution in [-0.2, 0) is 9.47 Å². The summed E-state index contributed by atoms with van der Waals surface area (Å²) in [5.41, 5.74) is 0.0643. The predicted molar refractivity (Wildman–Crippen MR) is 60.6 cm³/mol. The van der Waals surface area contributed by atoms with E-state index in [1.807, 2.05) is 13.0 Å². The lowest BCUT2D eigenvalue weighted by Gasteiger charge is -2.35. The van der Waals surface area contributed by atoms with E-state index < -0.39 is 0 Å². The molecule has 1 aliphatic carbocycles. The molecule has 15 heavy (non-hydrogen) atoms. The molecule has 1 aliphatic heterocycles. The normalized spacial score (nSPS) is 40.3. The molecule has 2 rings (SSSR count). The maximum Gasteiger partial charge on any atom is 0.108 e. The average Bonchev–Trinajstić information content (AvgIpc) is 2.86. The van der Waals surface area contributed by atoms with Crippen LogP contribution in [0.4, 0.5) is 0 Å². The van der Waals surface area contributed by atoms with Crippen LogP contribution < -0.4 is 0 Å². The molecule has 0 bridgehead atoms. The minimum atomic E-state index is -0.102. The molecule has 0 aromatic rings. The average molecular weight is 210 g/mol. The summed E-state index contributed by atoms with van der Waals surface area (Å²) in [6.07, 6.45) is 7.87. The first-order valence-corrected chi connectivity index (χ1v) is 5.96. The van der Waals surface area contributed by atoms with Crippen LogP contribution in [0.15, 0.2) is 12.3 Å². The number of rotatable bonds is 3. The lowest BCUT2D eigenvalue weighted by atomic mass is 9.74. The maximum atomic E-state index is 5.84. The summed E-state index contributed by atoms with van der Waals surface area (Å²) < 4.78 is 11.6. The molecule has 0 aromatic carbocycles. The van der Waals surface area contributed by atoms with E-state index in [1.165, 1.54) is 19.3 Å². The second-order valence-corrected chi connectivity index (χ2v) is 5.54. The molecule has 1 heterocycles. The highest BCUT2D eigenvalue weighted by atomic mass is 16.6. The Labute approximate surface area is 92.6 Å². The Kier molecular flexibility index (Phi) is 2.58. The van der Waals surface area contributed by atoms with Crippen LogP contribution in [-0.4, -0.2) is 17.3 Å². The zero-order valence-corrected chi connectivity index (χ0v) is 10.2. The Morgan fingerprint density at radius 1 is 1.47 bits per heavy atom. The van der Waals surface area contributed by atoms with Crippen molar-refractivity contribution in [3.63, 3.8) is 0 Å². The van der Waals surface area contributed by atoms with Gasteiger partial charge in [-0.05, 0) is 47.0 Å². The van der Waals surface area contributed by atoms with Crippen molar-refractivity contribution in [1.29, 1.82) is 0 Å². The van der Waals surface area contributed by atoms with Crippen LogP contribution in [0.5, 0.6) is 0 Å². The van der Waals surface area contributed by atoms with Gasteiger partial charge in [0.25, 0.3) is 0 Å². The van der Waals surface area contributed by atoms with Crippen LogP contribution in [0.3, 0.4) is 0 Å². The highest BCUT2D eigenvalue weighted by Crippen LogP contribution is 2.53. The molecule has 2 aliphatic rings. The van der Waals surface area contributed by atoms with Gasteiger partial charge >= 0.3 is 0 Å². The van der Waals surface area contributed by atoms with E-state index in [0.29, 0.717) is 12.0 Å². The molecule has 0 spiro atoms. The van der Waals surface area contributed by atoms with Gasteiger partial charge < -0.3 is 9.47 Å². The minimum absolute atomic E-state index is 0.102. The molecule has 0 amide bonds. The van der Waals surface area contributed by atoms with Crippen LogP contribution in [0, 0.1) is 5.92 Å². The SMILES string of the molecule is C/C=C/OC(C)(C)C1CCCC2(C)OC12. The van der Waals surface area contributed by atoms with Crippen molar-refractivity contribution in [3.05, 3.63) is 12.3 Å². The van der Waals surface area contributed by atoms with Gasteiger partial charge in [0, 0.05) is 5.92 Å². The monoisotopic (exact) mass is 210 g/mol. The van der Waals surface area contributed by atoms with Crippen LogP contribution >= 0.6 is 0 Å². The lowest BCUT2D eigenvalue weighted by Crippen LogP contribution is -2.40. The van der Waals surface area contributed by atoms with Crippen LogP contribution in [0.1, 0.15) is 47.0 Å². The van der Waals surface area contributed by atoms with Crippen molar-refractivity contribution in [1.82, 2.24) is 0 Å². The first-order chi connectivity index (χ1) is 6.99. The molecule has 2 heteroatoms. The summed E-state index contributed by atoms with van der Waals surface area (Å²) in [6.45, 7) is 8.56. The Hall–Kier alpha value is -0.500. The van der Waals surface area contributed by atoms with Crippen LogP contribution in [0.2, 0.25) is 0 Å². The fraction of sp³-hybridized carbons (Fsp3) is 0.846. The zero-order valence-electron chi connectivity index (χ0n) is 10.2. The van der Waals surface area contributed by atoms with Crippen molar-refractivity contribution in [2.75, 3.05) is 0 Å². The first-order valence-electron chi connectivity index (χ1n) is 5.96. The standard InChI is InChI=1S/C13H22O2/c1-5-9-14-12(2,3)10-7-6-8-13(4)11(10)15-13/h5,9-11H,6-8H2,1-4H3/b9-5+. The molecule has 3 atom stereocenters. The van der Waals surface area contributed by atoms with Crippen molar-refractivity contribution < 1.29 is 9.47 Å². The molecule has 86 valence electrons. The summed E-state index contributed by atoms with van der Waals surface area (Å²) in [6, 6.07) is 0. The molecular weight excluding hydrogens is 188 g/mol. The molecule has 0 aromatic heterocycles. The number of fused-ring (bicyclic) bond motifs is 1. The number of epoxide rings is 1. The highest BCUT2D eigenvalue weighted by molar-refractivity contribution is 5.09. The Morgan fingerprint density at radius 3 is 2.87 bits per heavy atom. The smallest absolute Gasteiger partial charge is 0.108 e. The molecule has 3 unspecified atom stereocenters. The van der Waals surface area contributed by atoms with Gasteiger partial charge in [-0.3, -0.25) is 0 Å². The topological polar surface area (TPSA) is 21.8 Å². The number of ether oxygens (including phenoxy) is 2. The van der Waals surface area contributed by atoms with Gasteiger partial charge in [-0.2, -0.15) is 0 Å². The Balaban J connectivity index is 2.03. The molecule has 0 radical (unpaired) electrons. The molecule has 2 fully saturated rings. The molecule has 1 saturated carbocycles. The highest BCUT2D eigenvalue weighted by Gasteiger charge is 2.61. The van der Waals surface area contributed by atoms with Gasteiger partial charge in [0.15, 0.2) is 0 Å². The van der Waals surface area contributed by atoms with E-state index in [-0.39, 0.29) is 11.2 Å². The number of allylic oxidation sites excluding steroid dienone is 1. The quantitative estimate of drug-likeness (QED) is 0.526. The summed E-state index contributed by atoms with van der Waals surface area (Å²) in [7, 11) is 0. The third-order valence-corrected chi connectivity index (χ3v) is 3.90. The minimum Gasteiger partial charge on any atom is -0.495 e. The van der Waals surface area contributed by atoms with Gasteiger partial charge in [-0.25, -0.2) is 0 Å². The van der Waals surface area contributed by atoms with Gasteiger partial charge in [-0.15, -0.1) is 0 Å². The second-order valence-electron chi connectivity index (χ2n) is 5.54. The summed E-state index contributed by atoms with van der Waals surface area (Å²) in [5, 5.41) is 0. The molecular formula is C13H22O2.